The maximum absolute atomic E-state index is 11.6. The van der Waals surface area contributed by atoms with E-state index in [1.165, 1.54) is 0 Å². The summed E-state index contributed by atoms with van der Waals surface area (Å²) in [5.74, 6) is -0.264. The molecule has 0 bridgehead atoms. The van der Waals surface area contributed by atoms with Crippen molar-refractivity contribution in [2.75, 3.05) is 13.2 Å². The summed E-state index contributed by atoms with van der Waals surface area (Å²) in [6, 6.07) is 17.3. The van der Waals surface area contributed by atoms with Gasteiger partial charge in [-0.05, 0) is 45.7 Å². The molecular formula is C23H21NO5. The zero-order valence-corrected chi connectivity index (χ0v) is 15.8. The van der Waals surface area contributed by atoms with Gasteiger partial charge in [0.2, 0.25) is 0 Å². The molecule has 3 aromatic carbocycles. The molecule has 29 heavy (non-hydrogen) atoms. The van der Waals surface area contributed by atoms with Crippen molar-refractivity contribution in [3.63, 3.8) is 0 Å². The standard InChI is InChI=1S/C23H21NO5/c24-22(25)13-29-19-5-3-14-1-2-15(10-18(14)11-19)20(12-23(26)27)16-4-6-21-17(9-16)7-8-28-21/h1-6,9-11,20H,7-8,12-13H2,(H2,24,25)(H,26,27). The minimum atomic E-state index is -0.856. The molecule has 0 saturated heterocycles. The average molecular weight is 391 g/mol. The van der Waals surface area contributed by atoms with Crippen LogP contribution >= 0.6 is 0 Å². The molecule has 6 nitrogen and oxygen atoms in total. The van der Waals surface area contributed by atoms with Crippen LogP contribution in [0.25, 0.3) is 10.8 Å². The molecule has 0 fully saturated rings. The summed E-state index contributed by atoms with van der Waals surface area (Å²) in [4.78, 5) is 22.5. The first kappa shape index (κ1) is 18.8. The third-order valence-electron chi connectivity index (χ3n) is 5.11. The predicted molar refractivity (Wildman–Crippen MR) is 108 cm³/mol. The molecule has 0 aliphatic carbocycles. The van der Waals surface area contributed by atoms with Crippen molar-refractivity contribution in [3.05, 3.63) is 71.3 Å². The van der Waals surface area contributed by atoms with Crippen LogP contribution in [0.4, 0.5) is 0 Å². The number of carboxylic acids is 1. The Kier molecular flexibility index (Phi) is 5.08. The Balaban J connectivity index is 1.71. The second-order valence-corrected chi connectivity index (χ2v) is 7.14. The number of aliphatic carboxylic acids is 1. The number of amides is 1. The zero-order valence-electron chi connectivity index (χ0n) is 15.8. The van der Waals surface area contributed by atoms with E-state index in [0.717, 1.165) is 39.6 Å². The van der Waals surface area contributed by atoms with Crippen molar-refractivity contribution in [2.45, 2.75) is 18.8 Å². The summed E-state index contributed by atoms with van der Waals surface area (Å²) in [5.41, 5.74) is 8.11. The first-order valence-electron chi connectivity index (χ1n) is 9.42. The molecule has 1 aliphatic rings. The smallest absolute Gasteiger partial charge is 0.304 e. The number of fused-ring (bicyclic) bond motifs is 2. The van der Waals surface area contributed by atoms with E-state index in [9.17, 15) is 14.7 Å². The lowest BCUT2D eigenvalue weighted by Crippen LogP contribution is -2.19. The van der Waals surface area contributed by atoms with Gasteiger partial charge >= 0.3 is 5.97 Å². The summed E-state index contributed by atoms with van der Waals surface area (Å²) in [6.45, 7) is 0.469. The fourth-order valence-corrected chi connectivity index (χ4v) is 3.73. The molecule has 3 aromatic rings. The number of hydrogen-bond donors (Lipinski definition) is 2. The quantitative estimate of drug-likeness (QED) is 0.644. The van der Waals surface area contributed by atoms with E-state index in [1.807, 2.05) is 48.5 Å². The van der Waals surface area contributed by atoms with E-state index in [2.05, 4.69) is 0 Å². The molecule has 0 saturated carbocycles. The van der Waals surface area contributed by atoms with E-state index >= 15 is 0 Å². The normalized spacial score (nSPS) is 13.5. The van der Waals surface area contributed by atoms with E-state index in [-0.39, 0.29) is 18.9 Å². The van der Waals surface area contributed by atoms with Gasteiger partial charge in [-0.15, -0.1) is 0 Å². The number of carboxylic acid groups (broad SMARTS) is 1. The van der Waals surface area contributed by atoms with Crippen LogP contribution in [-0.2, 0) is 16.0 Å². The van der Waals surface area contributed by atoms with Crippen LogP contribution < -0.4 is 15.2 Å². The maximum Gasteiger partial charge on any atom is 0.304 e. The molecule has 0 aromatic heterocycles. The second kappa shape index (κ2) is 7.83. The average Bonchev–Trinajstić information content (AvgIpc) is 3.17. The van der Waals surface area contributed by atoms with Crippen LogP contribution in [0.1, 0.15) is 29.0 Å². The lowest BCUT2D eigenvalue weighted by atomic mass is 9.86. The largest absolute Gasteiger partial charge is 0.493 e. The van der Waals surface area contributed by atoms with Crippen molar-refractivity contribution in [1.82, 2.24) is 0 Å². The Hall–Kier alpha value is -3.54. The van der Waals surface area contributed by atoms with E-state index in [1.54, 1.807) is 6.07 Å². The molecule has 4 rings (SSSR count). The third-order valence-corrected chi connectivity index (χ3v) is 5.11. The highest BCUT2D eigenvalue weighted by atomic mass is 16.5. The number of benzene rings is 3. The zero-order chi connectivity index (χ0) is 20.4. The minimum Gasteiger partial charge on any atom is -0.493 e. The van der Waals surface area contributed by atoms with Gasteiger partial charge in [0, 0.05) is 12.3 Å². The Morgan fingerprint density at radius 3 is 2.59 bits per heavy atom. The second-order valence-electron chi connectivity index (χ2n) is 7.14. The number of carbonyl (C=O) groups is 2. The molecule has 0 radical (unpaired) electrons. The maximum atomic E-state index is 11.6. The number of hydrogen-bond acceptors (Lipinski definition) is 4. The Morgan fingerprint density at radius 2 is 1.79 bits per heavy atom. The van der Waals surface area contributed by atoms with Gasteiger partial charge in [-0.25, -0.2) is 0 Å². The van der Waals surface area contributed by atoms with Crippen LogP contribution in [0.5, 0.6) is 11.5 Å². The van der Waals surface area contributed by atoms with Gasteiger partial charge in [-0.3, -0.25) is 9.59 Å². The van der Waals surface area contributed by atoms with E-state index in [0.29, 0.717) is 12.4 Å². The fraction of sp³-hybridized carbons (Fsp3) is 0.217. The monoisotopic (exact) mass is 391 g/mol. The topological polar surface area (TPSA) is 98.9 Å². The molecule has 148 valence electrons. The third kappa shape index (κ3) is 4.16. The van der Waals surface area contributed by atoms with Gasteiger partial charge in [-0.2, -0.15) is 0 Å². The van der Waals surface area contributed by atoms with Crippen LogP contribution in [0.2, 0.25) is 0 Å². The molecule has 1 heterocycles. The molecule has 1 aliphatic heterocycles. The Bertz CT molecular complexity index is 1090. The van der Waals surface area contributed by atoms with Crippen molar-refractivity contribution in [1.29, 1.82) is 0 Å². The molecule has 1 atom stereocenters. The first-order chi connectivity index (χ1) is 14.0. The summed E-state index contributed by atoms with van der Waals surface area (Å²) < 4.78 is 11.0. The van der Waals surface area contributed by atoms with Crippen molar-refractivity contribution >= 4 is 22.6 Å². The van der Waals surface area contributed by atoms with Crippen molar-refractivity contribution in [3.8, 4) is 11.5 Å². The summed E-state index contributed by atoms with van der Waals surface area (Å²) in [5, 5.41) is 11.4. The number of nitrogens with two attached hydrogens (primary N) is 1. The number of rotatable bonds is 7. The van der Waals surface area contributed by atoms with Gasteiger partial charge in [-0.1, -0.05) is 36.4 Å². The lowest BCUT2D eigenvalue weighted by molar-refractivity contribution is -0.137. The van der Waals surface area contributed by atoms with Crippen LogP contribution in [-0.4, -0.2) is 30.2 Å². The SMILES string of the molecule is NC(=O)COc1ccc2ccc(C(CC(=O)O)c3ccc4c(c3)CCO4)cc2c1. The number of carbonyl (C=O) groups excluding carboxylic acids is 1. The van der Waals surface area contributed by atoms with Crippen LogP contribution in [0.3, 0.4) is 0 Å². The van der Waals surface area contributed by atoms with Gasteiger partial charge < -0.3 is 20.3 Å². The fourth-order valence-electron chi connectivity index (χ4n) is 3.73. The summed E-state index contributed by atoms with van der Waals surface area (Å²) in [7, 11) is 0. The van der Waals surface area contributed by atoms with Crippen LogP contribution in [0.15, 0.2) is 54.6 Å². The molecule has 1 unspecified atom stereocenters. The molecule has 3 N–H and O–H groups in total. The van der Waals surface area contributed by atoms with Crippen molar-refractivity contribution < 1.29 is 24.2 Å². The molecule has 6 heteroatoms. The Labute approximate surface area is 167 Å². The summed E-state index contributed by atoms with van der Waals surface area (Å²) in [6.07, 6.45) is 0.824. The lowest BCUT2D eigenvalue weighted by Gasteiger charge is -2.18. The van der Waals surface area contributed by atoms with Crippen molar-refractivity contribution in [2.24, 2.45) is 5.73 Å². The highest BCUT2D eigenvalue weighted by Gasteiger charge is 2.21. The van der Waals surface area contributed by atoms with Gasteiger partial charge in [0.15, 0.2) is 6.61 Å². The van der Waals surface area contributed by atoms with E-state index < -0.39 is 11.9 Å². The minimum absolute atomic E-state index is 0.0109. The van der Waals surface area contributed by atoms with E-state index in [4.69, 9.17) is 15.2 Å². The molecular weight excluding hydrogens is 370 g/mol. The predicted octanol–water partition coefficient (Wildman–Crippen LogP) is 3.25. The summed E-state index contributed by atoms with van der Waals surface area (Å²) >= 11 is 0. The molecule has 0 spiro atoms. The van der Waals surface area contributed by atoms with Gasteiger partial charge in [0.1, 0.15) is 11.5 Å². The number of primary amides is 1. The highest BCUT2D eigenvalue weighted by Crippen LogP contribution is 2.35. The van der Waals surface area contributed by atoms with Gasteiger partial charge in [0.05, 0.1) is 13.0 Å². The van der Waals surface area contributed by atoms with Crippen LogP contribution in [0, 0.1) is 0 Å². The first-order valence-corrected chi connectivity index (χ1v) is 9.42. The number of ether oxygens (including phenoxy) is 2. The Morgan fingerprint density at radius 1 is 1.03 bits per heavy atom. The van der Waals surface area contributed by atoms with Gasteiger partial charge in [0.25, 0.3) is 5.91 Å². The highest BCUT2D eigenvalue weighted by molar-refractivity contribution is 5.85. The molecule has 1 amide bonds.